The molecule has 0 saturated carbocycles. The van der Waals surface area contributed by atoms with E-state index in [9.17, 15) is 10.2 Å². The van der Waals surface area contributed by atoms with Crippen molar-refractivity contribution in [3.63, 3.8) is 0 Å². The van der Waals surface area contributed by atoms with Crippen molar-refractivity contribution < 1.29 is 10.2 Å². The molecule has 0 radical (unpaired) electrons. The second-order valence-electron chi connectivity index (χ2n) is 5.23. The molecule has 1 heterocycles. The topological polar surface area (TPSA) is 43.7 Å². The summed E-state index contributed by atoms with van der Waals surface area (Å²) in [5.41, 5.74) is 0.399. The van der Waals surface area contributed by atoms with Crippen molar-refractivity contribution in [3.05, 3.63) is 29.8 Å². The number of rotatable bonds is 2. The van der Waals surface area contributed by atoms with E-state index in [1.54, 1.807) is 12.1 Å². The van der Waals surface area contributed by atoms with Gasteiger partial charge in [0.1, 0.15) is 5.75 Å². The molecule has 1 aromatic carbocycles. The van der Waals surface area contributed by atoms with Crippen LogP contribution >= 0.6 is 0 Å². The zero-order valence-corrected chi connectivity index (χ0v) is 10.4. The first-order valence-corrected chi connectivity index (χ1v) is 6.26. The number of hydrogen-bond acceptors (Lipinski definition) is 3. The number of hydrogen-bond donors (Lipinski definition) is 2. The SMILES string of the molecule is CN1CCCC(O)(Cc2cccc(O)c2)CC1. The largest absolute Gasteiger partial charge is 0.508 e. The molecule has 1 aliphatic heterocycles. The fourth-order valence-corrected chi connectivity index (χ4v) is 2.54. The molecule has 1 atom stereocenters. The molecule has 0 amide bonds. The molecule has 3 heteroatoms. The predicted molar refractivity (Wildman–Crippen MR) is 68.1 cm³/mol. The first kappa shape index (κ1) is 12.4. The molecule has 0 aliphatic carbocycles. The third kappa shape index (κ3) is 3.45. The first-order valence-electron chi connectivity index (χ1n) is 6.26. The quantitative estimate of drug-likeness (QED) is 0.821. The lowest BCUT2D eigenvalue weighted by Crippen LogP contribution is -2.32. The molecule has 1 unspecified atom stereocenters. The average Bonchev–Trinajstić information content (AvgIpc) is 2.41. The van der Waals surface area contributed by atoms with Crippen LogP contribution in [0, 0.1) is 0 Å². The predicted octanol–water partition coefficient (Wildman–Crippen LogP) is 1.78. The van der Waals surface area contributed by atoms with Crippen LogP contribution in [0.25, 0.3) is 0 Å². The number of likely N-dealkylation sites (tertiary alicyclic amines) is 1. The molecule has 17 heavy (non-hydrogen) atoms. The molecule has 0 bridgehead atoms. The fourth-order valence-electron chi connectivity index (χ4n) is 2.54. The van der Waals surface area contributed by atoms with E-state index in [1.165, 1.54) is 0 Å². The van der Waals surface area contributed by atoms with Crippen molar-refractivity contribution in [2.75, 3.05) is 20.1 Å². The third-order valence-electron chi connectivity index (χ3n) is 3.58. The standard InChI is InChI=1S/C14H21NO2/c1-15-8-3-6-14(17,7-9-15)11-12-4-2-5-13(16)10-12/h2,4-5,10,16-17H,3,6-9,11H2,1H3. The van der Waals surface area contributed by atoms with Gasteiger partial charge in [-0.2, -0.15) is 0 Å². The van der Waals surface area contributed by atoms with E-state index >= 15 is 0 Å². The van der Waals surface area contributed by atoms with Crippen LogP contribution < -0.4 is 0 Å². The Morgan fingerprint density at radius 2 is 2.12 bits per heavy atom. The highest BCUT2D eigenvalue weighted by atomic mass is 16.3. The van der Waals surface area contributed by atoms with E-state index < -0.39 is 5.60 Å². The van der Waals surface area contributed by atoms with Crippen LogP contribution in [0.4, 0.5) is 0 Å². The van der Waals surface area contributed by atoms with E-state index in [0.29, 0.717) is 6.42 Å². The van der Waals surface area contributed by atoms with Gasteiger partial charge >= 0.3 is 0 Å². The summed E-state index contributed by atoms with van der Waals surface area (Å²) in [4.78, 5) is 2.26. The van der Waals surface area contributed by atoms with E-state index in [2.05, 4.69) is 11.9 Å². The number of aromatic hydroxyl groups is 1. The first-order chi connectivity index (χ1) is 8.07. The van der Waals surface area contributed by atoms with Crippen LogP contribution in [-0.2, 0) is 6.42 Å². The molecule has 2 rings (SSSR count). The molecule has 1 aliphatic rings. The maximum atomic E-state index is 10.6. The van der Waals surface area contributed by atoms with Gasteiger partial charge in [-0.15, -0.1) is 0 Å². The highest BCUT2D eigenvalue weighted by Gasteiger charge is 2.29. The van der Waals surface area contributed by atoms with E-state index in [-0.39, 0.29) is 5.75 Å². The summed E-state index contributed by atoms with van der Waals surface area (Å²) >= 11 is 0. The van der Waals surface area contributed by atoms with Gasteiger partial charge in [0.05, 0.1) is 5.60 Å². The van der Waals surface area contributed by atoms with E-state index in [1.807, 2.05) is 12.1 Å². The highest BCUT2D eigenvalue weighted by Crippen LogP contribution is 2.27. The Morgan fingerprint density at radius 1 is 1.29 bits per heavy atom. The molecule has 2 N–H and O–H groups in total. The lowest BCUT2D eigenvalue weighted by Gasteiger charge is -2.26. The van der Waals surface area contributed by atoms with Gasteiger partial charge < -0.3 is 15.1 Å². The van der Waals surface area contributed by atoms with Crippen LogP contribution in [0.5, 0.6) is 5.75 Å². The number of phenols is 1. The Hall–Kier alpha value is -1.06. The second-order valence-corrected chi connectivity index (χ2v) is 5.23. The molecular formula is C14H21NO2. The summed E-state index contributed by atoms with van der Waals surface area (Å²) in [6.45, 7) is 2.00. The third-order valence-corrected chi connectivity index (χ3v) is 3.58. The van der Waals surface area contributed by atoms with Gasteiger partial charge in [-0.05, 0) is 50.6 Å². The maximum absolute atomic E-state index is 10.6. The summed E-state index contributed by atoms with van der Waals surface area (Å²) < 4.78 is 0. The van der Waals surface area contributed by atoms with Crippen molar-refractivity contribution in [3.8, 4) is 5.75 Å². The number of aliphatic hydroxyl groups is 1. The summed E-state index contributed by atoms with van der Waals surface area (Å²) in [5.74, 6) is 0.275. The minimum absolute atomic E-state index is 0.275. The normalized spacial score (nSPS) is 26.7. The fraction of sp³-hybridized carbons (Fsp3) is 0.571. The van der Waals surface area contributed by atoms with Gasteiger partial charge in [-0.1, -0.05) is 12.1 Å². The Morgan fingerprint density at radius 3 is 2.88 bits per heavy atom. The number of phenolic OH excluding ortho intramolecular Hbond substituents is 1. The smallest absolute Gasteiger partial charge is 0.115 e. The Labute approximate surface area is 103 Å². The molecule has 1 saturated heterocycles. The molecule has 0 aromatic heterocycles. The monoisotopic (exact) mass is 235 g/mol. The van der Waals surface area contributed by atoms with E-state index in [4.69, 9.17) is 0 Å². The van der Waals surface area contributed by atoms with Gasteiger partial charge in [-0.25, -0.2) is 0 Å². The Kier molecular flexibility index (Phi) is 3.69. The second kappa shape index (κ2) is 5.07. The zero-order valence-electron chi connectivity index (χ0n) is 10.4. The molecule has 1 fully saturated rings. The van der Waals surface area contributed by atoms with Crippen LogP contribution in [0.15, 0.2) is 24.3 Å². The van der Waals surface area contributed by atoms with Gasteiger partial charge in [0, 0.05) is 13.0 Å². The Balaban J connectivity index is 2.06. The minimum Gasteiger partial charge on any atom is -0.508 e. The van der Waals surface area contributed by atoms with Gasteiger partial charge in [-0.3, -0.25) is 0 Å². The van der Waals surface area contributed by atoms with Crippen LogP contribution in [-0.4, -0.2) is 40.9 Å². The molecule has 0 spiro atoms. The lowest BCUT2D eigenvalue weighted by atomic mass is 9.88. The number of benzene rings is 1. The van der Waals surface area contributed by atoms with Crippen molar-refractivity contribution in [2.45, 2.75) is 31.3 Å². The summed E-state index contributed by atoms with van der Waals surface area (Å²) in [7, 11) is 2.10. The van der Waals surface area contributed by atoms with Crippen molar-refractivity contribution >= 4 is 0 Å². The van der Waals surface area contributed by atoms with Crippen LogP contribution in [0.1, 0.15) is 24.8 Å². The zero-order chi connectivity index (χ0) is 12.3. The Bertz CT molecular complexity index is 380. The van der Waals surface area contributed by atoms with Gasteiger partial charge in [0.2, 0.25) is 0 Å². The van der Waals surface area contributed by atoms with Gasteiger partial charge in [0.15, 0.2) is 0 Å². The lowest BCUT2D eigenvalue weighted by molar-refractivity contribution is 0.0263. The van der Waals surface area contributed by atoms with Crippen molar-refractivity contribution in [1.82, 2.24) is 4.90 Å². The molecular weight excluding hydrogens is 214 g/mol. The van der Waals surface area contributed by atoms with Crippen LogP contribution in [0.3, 0.4) is 0 Å². The minimum atomic E-state index is -0.613. The average molecular weight is 235 g/mol. The molecule has 94 valence electrons. The summed E-state index contributed by atoms with van der Waals surface area (Å²) in [5, 5.41) is 20.0. The van der Waals surface area contributed by atoms with Crippen molar-refractivity contribution in [2.24, 2.45) is 0 Å². The summed E-state index contributed by atoms with van der Waals surface area (Å²) in [6, 6.07) is 7.20. The van der Waals surface area contributed by atoms with Crippen LogP contribution in [0.2, 0.25) is 0 Å². The maximum Gasteiger partial charge on any atom is 0.115 e. The molecule has 1 aromatic rings. The molecule has 3 nitrogen and oxygen atoms in total. The van der Waals surface area contributed by atoms with Crippen molar-refractivity contribution in [1.29, 1.82) is 0 Å². The van der Waals surface area contributed by atoms with E-state index in [0.717, 1.165) is 37.9 Å². The number of nitrogens with zero attached hydrogens (tertiary/aromatic N) is 1. The summed E-state index contributed by atoms with van der Waals surface area (Å²) in [6.07, 6.45) is 3.31. The van der Waals surface area contributed by atoms with Gasteiger partial charge in [0.25, 0.3) is 0 Å². The highest BCUT2D eigenvalue weighted by molar-refractivity contribution is 5.28.